The molecular weight excluding hydrogens is 285 g/mol. The minimum Gasteiger partial charge on any atom is -0.484 e. The van der Waals surface area contributed by atoms with Crippen molar-refractivity contribution in [1.29, 1.82) is 0 Å². The summed E-state index contributed by atoms with van der Waals surface area (Å²) in [5.41, 5.74) is 0.547. The number of halogens is 3. The zero-order valence-corrected chi connectivity index (χ0v) is 11.4. The number of hydrogen-bond acceptors (Lipinski definition) is 3. The Balaban J connectivity index is 1.80. The molecule has 1 unspecified atom stereocenters. The Bertz CT molecular complexity index is 468. The van der Waals surface area contributed by atoms with Crippen LogP contribution in [0.25, 0.3) is 0 Å². The van der Waals surface area contributed by atoms with Crippen molar-refractivity contribution in [2.24, 2.45) is 5.92 Å². The molecule has 0 aliphatic carbocycles. The molecule has 1 aliphatic heterocycles. The molecule has 0 spiro atoms. The Kier molecular flexibility index (Phi) is 5.06. The Morgan fingerprint density at radius 2 is 2.05 bits per heavy atom. The van der Waals surface area contributed by atoms with E-state index in [2.05, 4.69) is 15.4 Å². The predicted octanol–water partition coefficient (Wildman–Crippen LogP) is 2.57. The molecule has 0 radical (unpaired) electrons. The predicted molar refractivity (Wildman–Crippen MR) is 72.2 cm³/mol. The average Bonchev–Trinajstić information content (AvgIpc) is 2.89. The molecule has 1 heterocycles. The summed E-state index contributed by atoms with van der Waals surface area (Å²) in [5, 5.41) is 5.91. The quantitative estimate of drug-likeness (QED) is 0.879. The highest BCUT2D eigenvalue weighted by Gasteiger charge is 2.28. The van der Waals surface area contributed by atoms with Crippen molar-refractivity contribution in [2.75, 3.05) is 25.0 Å². The van der Waals surface area contributed by atoms with Crippen LogP contribution in [-0.2, 0) is 4.79 Å². The number of amides is 1. The van der Waals surface area contributed by atoms with Gasteiger partial charge in [-0.25, -0.2) is 0 Å². The third kappa shape index (κ3) is 5.63. The monoisotopic (exact) mass is 302 g/mol. The van der Waals surface area contributed by atoms with Crippen LogP contribution in [0.3, 0.4) is 0 Å². The molecule has 7 heteroatoms. The van der Waals surface area contributed by atoms with Gasteiger partial charge in [-0.2, -0.15) is 13.2 Å². The number of carbonyl (C=O) groups excluding carboxylic acids is 1. The minimum absolute atomic E-state index is 0.0901. The van der Waals surface area contributed by atoms with Gasteiger partial charge in [0.05, 0.1) is 0 Å². The van der Waals surface area contributed by atoms with E-state index < -0.39 is 12.8 Å². The van der Waals surface area contributed by atoms with Gasteiger partial charge in [0.15, 0.2) is 6.61 Å². The topological polar surface area (TPSA) is 50.4 Å². The lowest BCUT2D eigenvalue weighted by atomic mass is 10.0. The molecule has 1 aromatic rings. The van der Waals surface area contributed by atoms with Gasteiger partial charge in [-0.05, 0) is 49.7 Å². The molecule has 4 nitrogen and oxygen atoms in total. The van der Waals surface area contributed by atoms with Gasteiger partial charge in [0, 0.05) is 12.1 Å². The lowest BCUT2D eigenvalue weighted by molar-refractivity contribution is -0.153. The second-order valence-electron chi connectivity index (χ2n) is 5.04. The third-order valence-electron chi connectivity index (χ3n) is 3.18. The van der Waals surface area contributed by atoms with E-state index in [1.54, 1.807) is 0 Å². The fraction of sp³-hybridized carbons (Fsp3) is 0.500. The summed E-state index contributed by atoms with van der Waals surface area (Å²) in [6.07, 6.45) is -2.93. The number of alkyl halides is 3. The summed E-state index contributed by atoms with van der Waals surface area (Å²) in [6, 6.07) is 5.85. The molecule has 0 aromatic heterocycles. The summed E-state index contributed by atoms with van der Waals surface area (Å²) >= 11 is 0. The first-order valence-corrected chi connectivity index (χ1v) is 6.72. The Labute approximate surface area is 120 Å². The number of nitrogens with one attached hydrogen (secondary N) is 2. The van der Waals surface area contributed by atoms with E-state index in [0.29, 0.717) is 18.0 Å². The Morgan fingerprint density at radius 1 is 1.33 bits per heavy atom. The van der Waals surface area contributed by atoms with Crippen LogP contribution >= 0.6 is 0 Å². The van der Waals surface area contributed by atoms with E-state index in [4.69, 9.17) is 0 Å². The van der Waals surface area contributed by atoms with Crippen molar-refractivity contribution in [3.8, 4) is 5.75 Å². The molecule has 1 fully saturated rings. The van der Waals surface area contributed by atoms with E-state index in [1.165, 1.54) is 24.3 Å². The summed E-state index contributed by atoms with van der Waals surface area (Å²) in [6.45, 7) is 0.453. The van der Waals surface area contributed by atoms with E-state index in [9.17, 15) is 18.0 Å². The first kappa shape index (κ1) is 15.6. The van der Waals surface area contributed by atoms with Crippen LogP contribution in [0.15, 0.2) is 24.3 Å². The standard InChI is InChI=1S/C14H17F3N2O2/c15-14(16,17)9-21-12-3-1-11(2-4-12)19-13(20)7-10-5-6-18-8-10/h1-4,10,18H,5-9H2,(H,19,20). The van der Waals surface area contributed by atoms with Crippen LogP contribution in [0.2, 0.25) is 0 Å². The van der Waals surface area contributed by atoms with Crippen molar-refractivity contribution in [3.05, 3.63) is 24.3 Å². The summed E-state index contributed by atoms with van der Waals surface area (Å²) in [4.78, 5) is 11.8. The maximum Gasteiger partial charge on any atom is 0.422 e. The van der Waals surface area contributed by atoms with Crippen LogP contribution in [0.1, 0.15) is 12.8 Å². The van der Waals surface area contributed by atoms with Gasteiger partial charge in [-0.3, -0.25) is 4.79 Å². The van der Waals surface area contributed by atoms with E-state index in [-0.39, 0.29) is 11.7 Å². The lowest BCUT2D eigenvalue weighted by Crippen LogP contribution is -2.19. The average molecular weight is 302 g/mol. The Hall–Kier alpha value is -1.76. The molecular formula is C14H17F3N2O2. The van der Waals surface area contributed by atoms with Gasteiger partial charge in [0.25, 0.3) is 0 Å². The molecule has 1 aliphatic rings. The molecule has 0 bridgehead atoms. The van der Waals surface area contributed by atoms with Crippen molar-refractivity contribution in [2.45, 2.75) is 19.0 Å². The van der Waals surface area contributed by atoms with Gasteiger partial charge in [0.2, 0.25) is 5.91 Å². The highest BCUT2D eigenvalue weighted by atomic mass is 19.4. The van der Waals surface area contributed by atoms with Crippen molar-refractivity contribution in [1.82, 2.24) is 5.32 Å². The van der Waals surface area contributed by atoms with E-state index in [1.807, 2.05) is 0 Å². The van der Waals surface area contributed by atoms with Crippen LogP contribution in [0.5, 0.6) is 5.75 Å². The van der Waals surface area contributed by atoms with Crippen LogP contribution in [-0.4, -0.2) is 31.8 Å². The van der Waals surface area contributed by atoms with Gasteiger partial charge < -0.3 is 15.4 Å². The fourth-order valence-corrected chi connectivity index (χ4v) is 2.16. The van der Waals surface area contributed by atoms with Crippen molar-refractivity contribution < 1.29 is 22.7 Å². The van der Waals surface area contributed by atoms with Gasteiger partial charge in [-0.1, -0.05) is 0 Å². The van der Waals surface area contributed by atoms with E-state index >= 15 is 0 Å². The largest absolute Gasteiger partial charge is 0.484 e. The second-order valence-corrected chi connectivity index (χ2v) is 5.04. The first-order valence-electron chi connectivity index (χ1n) is 6.72. The molecule has 1 saturated heterocycles. The summed E-state index contributed by atoms with van der Waals surface area (Å²) in [5.74, 6) is 0.373. The zero-order chi connectivity index (χ0) is 15.3. The molecule has 2 N–H and O–H groups in total. The molecule has 21 heavy (non-hydrogen) atoms. The molecule has 1 aromatic carbocycles. The first-order chi connectivity index (χ1) is 9.92. The maximum atomic E-state index is 12.0. The van der Waals surface area contributed by atoms with Crippen molar-refractivity contribution >= 4 is 11.6 Å². The highest BCUT2D eigenvalue weighted by Crippen LogP contribution is 2.21. The normalized spacial score (nSPS) is 18.5. The number of anilines is 1. The summed E-state index contributed by atoms with van der Waals surface area (Å²) < 4.78 is 40.6. The van der Waals surface area contributed by atoms with E-state index in [0.717, 1.165) is 19.5 Å². The van der Waals surface area contributed by atoms with Gasteiger partial charge in [-0.15, -0.1) is 0 Å². The number of ether oxygens (including phenoxy) is 1. The van der Waals surface area contributed by atoms with Crippen molar-refractivity contribution in [3.63, 3.8) is 0 Å². The van der Waals surface area contributed by atoms with Crippen LogP contribution in [0.4, 0.5) is 18.9 Å². The molecule has 2 rings (SSSR count). The van der Waals surface area contributed by atoms with Gasteiger partial charge >= 0.3 is 6.18 Å². The molecule has 1 amide bonds. The SMILES string of the molecule is O=C(CC1CCNC1)Nc1ccc(OCC(F)(F)F)cc1. The third-order valence-corrected chi connectivity index (χ3v) is 3.18. The lowest BCUT2D eigenvalue weighted by Gasteiger charge is -2.11. The summed E-state index contributed by atoms with van der Waals surface area (Å²) in [7, 11) is 0. The number of carbonyl (C=O) groups is 1. The zero-order valence-electron chi connectivity index (χ0n) is 11.4. The number of benzene rings is 1. The highest BCUT2D eigenvalue weighted by molar-refractivity contribution is 5.90. The Morgan fingerprint density at radius 3 is 2.62 bits per heavy atom. The molecule has 0 saturated carbocycles. The van der Waals surface area contributed by atoms with Crippen LogP contribution in [0, 0.1) is 5.92 Å². The van der Waals surface area contributed by atoms with Crippen LogP contribution < -0.4 is 15.4 Å². The fourth-order valence-electron chi connectivity index (χ4n) is 2.16. The van der Waals surface area contributed by atoms with Gasteiger partial charge in [0.1, 0.15) is 5.75 Å². The molecule has 116 valence electrons. The number of rotatable bonds is 5. The number of hydrogen-bond donors (Lipinski definition) is 2. The minimum atomic E-state index is -4.36. The smallest absolute Gasteiger partial charge is 0.422 e. The maximum absolute atomic E-state index is 12.0. The second kappa shape index (κ2) is 6.80. The molecule has 1 atom stereocenters.